The van der Waals surface area contributed by atoms with Gasteiger partial charge in [0, 0.05) is 4.47 Å². The Hall–Kier alpha value is -3.55. The minimum Gasteiger partial charge on any atom is -0.503 e. The summed E-state index contributed by atoms with van der Waals surface area (Å²) >= 11 is 4.81. The SMILES string of the molecule is Cc1cc(C)c2nc(N3C(=O)C(O)=C(C(=O)/C=C/c4ccccc4)C3c3ccc(Br)cc3)sc2c1. The number of nitrogens with zero attached hydrogens (tertiary/aromatic N) is 2. The summed E-state index contributed by atoms with van der Waals surface area (Å²) in [7, 11) is 0. The van der Waals surface area contributed by atoms with Crippen molar-refractivity contribution in [3.8, 4) is 0 Å². The molecule has 0 spiro atoms. The van der Waals surface area contributed by atoms with Crippen LogP contribution in [0.5, 0.6) is 0 Å². The van der Waals surface area contributed by atoms with Crippen LogP contribution in [-0.2, 0) is 9.59 Å². The molecule has 35 heavy (non-hydrogen) atoms. The maximum Gasteiger partial charge on any atom is 0.296 e. The van der Waals surface area contributed by atoms with Crippen LogP contribution in [0.4, 0.5) is 5.13 Å². The van der Waals surface area contributed by atoms with E-state index in [1.165, 1.54) is 22.3 Å². The van der Waals surface area contributed by atoms with Crippen LogP contribution < -0.4 is 4.90 Å². The third-order valence-electron chi connectivity index (χ3n) is 5.91. The number of aliphatic hydroxyl groups is 1. The van der Waals surface area contributed by atoms with Gasteiger partial charge in [0.05, 0.1) is 21.8 Å². The van der Waals surface area contributed by atoms with Crippen molar-refractivity contribution >= 4 is 60.4 Å². The van der Waals surface area contributed by atoms with E-state index < -0.39 is 23.5 Å². The average molecular weight is 545 g/mol. The highest BCUT2D eigenvalue weighted by atomic mass is 79.9. The molecule has 1 unspecified atom stereocenters. The van der Waals surface area contributed by atoms with Crippen LogP contribution in [0.25, 0.3) is 16.3 Å². The fourth-order valence-electron chi connectivity index (χ4n) is 4.30. The Balaban J connectivity index is 1.62. The Labute approximate surface area is 215 Å². The zero-order valence-corrected chi connectivity index (χ0v) is 21.4. The zero-order valence-electron chi connectivity index (χ0n) is 19.0. The molecular formula is C28H21BrN2O3S. The van der Waals surface area contributed by atoms with Crippen LogP contribution in [0, 0.1) is 13.8 Å². The van der Waals surface area contributed by atoms with Crippen LogP contribution in [-0.4, -0.2) is 21.8 Å². The summed E-state index contributed by atoms with van der Waals surface area (Å²) in [4.78, 5) is 32.9. The Kier molecular flexibility index (Phi) is 6.13. The third kappa shape index (κ3) is 4.33. The van der Waals surface area contributed by atoms with E-state index in [0.29, 0.717) is 10.7 Å². The lowest BCUT2D eigenvalue weighted by atomic mass is 9.96. The Morgan fingerprint density at radius 2 is 1.80 bits per heavy atom. The van der Waals surface area contributed by atoms with Crippen LogP contribution >= 0.6 is 27.3 Å². The normalized spacial score (nSPS) is 16.1. The number of fused-ring (bicyclic) bond motifs is 1. The standard InChI is InChI=1S/C28H21BrN2O3S/c1-16-14-17(2)24-22(15-16)35-28(30-24)31-25(19-9-11-20(29)12-10-19)23(26(33)27(31)34)21(32)13-8-18-6-4-3-5-7-18/h3-15,25,33H,1-2H3/b13-8+. The molecule has 3 aromatic carbocycles. The molecule has 1 aliphatic heterocycles. The summed E-state index contributed by atoms with van der Waals surface area (Å²) in [5, 5.41) is 11.4. The van der Waals surface area contributed by atoms with Crippen molar-refractivity contribution in [2.75, 3.05) is 4.90 Å². The molecule has 1 amide bonds. The van der Waals surface area contributed by atoms with E-state index in [1.54, 1.807) is 6.08 Å². The molecule has 0 fully saturated rings. The zero-order chi connectivity index (χ0) is 24.7. The molecule has 174 valence electrons. The quantitative estimate of drug-likeness (QED) is 0.278. The number of thiazole rings is 1. The number of benzene rings is 3. The molecule has 0 saturated carbocycles. The molecule has 4 aromatic rings. The molecule has 5 rings (SSSR count). The fourth-order valence-corrected chi connectivity index (χ4v) is 5.74. The second-order valence-corrected chi connectivity index (χ2v) is 10.3. The van der Waals surface area contributed by atoms with Crippen LogP contribution in [0.15, 0.2) is 88.6 Å². The minimum atomic E-state index is -0.800. The molecule has 0 aliphatic carbocycles. The number of ketones is 1. The number of hydrogen-bond donors (Lipinski definition) is 1. The van der Waals surface area contributed by atoms with Gasteiger partial charge in [-0.3, -0.25) is 14.5 Å². The highest BCUT2D eigenvalue weighted by Crippen LogP contribution is 2.44. The van der Waals surface area contributed by atoms with Gasteiger partial charge in [-0.15, -0.1) is 0 Å². The molecular weight excluding hydrogens is 524 g/mol. The second kappa shape index (κ2) is 9.24. The van der Waals surface area contributed by atoms with Crippen LogP contribution in [0.2, 0.25) is 0 Å². The number of anilines is 1. The van der Waals surface area contributed by atoms with Crippen molar-refractivity contribution in [1.29, 1.82) is 0 Å². The number of carbonyl (C=O) groups is 2. The van der Waals surface area contributed by atoms with Crippen LogP contribution in [0.1, 0.15) is 28.3 Å². The number of hydrogen-bond acceptors (Lipinski definition) is 5. The van der Waals surface area contributed by atoms with Gasteiger partial charge in [-0.25, -0.2) is 4.98 Å². The molecule has 1 N–H and O–H groups in total. The topological polar surface area (TPSA) is 70.5 Å². The lowest BCUT2D eigenvalue weighted by Gasteiger charge is -2.24. The van der Waals surface area contributed by atoms with Crippen molar-refractivity contribution in [3.63, 3.8) is 0 Å². The fraction of sp³-hybridized carbons (Fsp3) is 0.107. The van der Waals surface area contributed by atoms with Gasteiger partial charge in [0.15, 0.2) is 16.7 Å². The number of amides is 1. The largest absolute Gasteiger partial charge is 0.503 e. The van der Waals surface area contributed by atoms with E-state index in [2.05, 4.69) is 15.9 Å². The maximum atomic E-state index is 13.4. The van der Waals surface area contributed by atoms with Gasteiger partial charge in [-0.05, 0) is 60.4 Å². The first-order valence-electron chi connectivity index (χ1n) is 11.0. The molecule has 1 aromatic heterocycles. The van der Waals surface area contributed by atoms with Gasteiger partial charge in [0.2, 0.25) is 0 Å². The van der Waals surface area contributed by atoms with Gasteiger partial charge >= 0.3 is 0 Å². The summed E-state index contributed by atoms with van der Waals surface area (Å²) in [5.74, 6) is -1.61. The summed E-state index contributed by atoms with van der Waals surface area (Å²) in [6.45, 7) is 4.00. The predicted molar refractivity (Wildman–Crippen MR) is 144 cm³/mol. The molecule has 7 heteroatoms. The van der Waals surface area contributed by atoms with E-state index in [4.69, 9.17) is 4.98 Å². The van der Waals surface area contributed by atoms with Gasteiger partial charge in [-0.2, -0.15) is 0 Å². The smallest absolute Gasteiger partial charge is 0.296 e. The first-order chi connectivity index (χ1) is 16.8. The van der Waals surface area contributed by atoms with Gasteiger partial charge < -0.3 is 5.11 Å². The lowest BCUT2D eigenvalue weighted by Crippen LogP contribution is -2.30. The number of rotatable bonds is 5. The first-order valence-corrected chi connectivity index (χ1v) is 12.6. The number of carbonyl (C=O) groups excluding carboxylic acids is 2. The Morgan fingerprint density at radius 1 is 1.09 bits per heavy atom. The molecule has 0 saturated heterocycles. The number of allylic oxidation sites excluding steroid dienone is 1. The molecule has 1 aliphatic rings. The number of aryl methyl sites for hydroxylation is 2. The third-order valence-corrected chi connectivity index (χ3v) is 7.44. The Morgan fingerprint density at radius 3 is 2.51 bits per heavy atom. The van der Waals surface area contributed by atoms with Crippen molar-refractivity contribution in [2.24, 2.45) is 0 Å². The summed E-state index contributed by atoms with van der Waals surface area (Å²) in [5.41, 5.74) is 4.50. The van der Waals surface area contributed by atoms with Crippen molar-refractivity contribution in [1.82, 2.24) is 4.98 Å². The predicted octanol–water partition coefficient (Wildman–Crippen LogP) is 6.86. The number of aromatic nitrogens is 1. The van der Waals surface area contributed by atoms with E-state index in [9.17, 15) is 14.7 Å². The summed E-state index contributed by atoms with van der Waals surface area (Å²) in [6.07, 6.45) is 3.08. The first kappa shape index (κ1) is 23.2. The Bertz CT molecular complexity index is 1520. The van der Waals surface area contributed by atoms with E-state index in [0.717, 1.165) is 31.4 Å². The highest BCUT2D eigenvalue weighted by molar-refractivity contribution is 9.10. The molecule has 1 atom stereocenters. The second-order valence-electron chi connectivity index (χ2n) is 8.42. The van der Waals surface area contributed by atoms with Crippen molar-refractivity contribution in [2.45, 2.75) is 19.9 Å². The van der Waals surface area contributed by atoms with E-state index in [-0.39, 0.29) is 5.57 Å². The van der Waals surface area contributed by atoms with Gasteiger partial charge in [0.25, 0.3) is 5.91 Å². The van der Waals surface area contributed by atoms with E-state index >= 15 is 0 Å². The molecule has 5 nitrogen and oxygen atoms in total. The lowest BCUT2D eigenvalue weighted by molar-refractivity contribution is -0.117. The summed E-state index contributed by atoms with van der Waals surface area (Å²) in [6, 6.07) is 20.0. The molecule has 0 radical (unpaired) electrons. The monoisotopic (exact) mass is 544 g/mol. The molecule has 2 heterocycles. The number of aliphatic hydroxyl groups excluding tert-OH is 1. The highest BCUT2D eigenvalue weighted by Gasteiger charge is 2.45. The number of halogens is 1. The van der Waals surface area contributed by atoms with E-state index in [1.807, 2.05) is 80.6 Å². The maximum absolute atomic E-state index is 13.4. The van der Waals surface area contributed by atoms with Crippen molar-refractivity contribution < 1.29 is 14.7 Å². The van der Waals surface area contributed by atoms with Crippen molar-refractivity contribution in [3.05, 3.63) is 111 Å². The van der Waals surface area contributed by atoms with Gasteiger partial charge in [-0.1, -0.05) is 81.9 Å². The molecule has 0 bridgehead atoms. The minimum absolute atomic E-state index is 0.0386. The van der Waals surface area contributed by atoms with Gasteiger partial charge in [0.1, 0.15) is 0 Å². The van der Waals surface area contributed by atoms with Crippen LogP contribution in [0.3, 0.4) is 0 Å². The average Bonchev–Trinajstić information content (AvgIpc) is 3.37. The summed E-state index contributed by atoms with van der Waals surface area (Å²) < 4.78 is 1.82.